The van der Waals surface area contributed by atoms with E-state index in [1.54, 1.807) is 0 Å². The molecule has 2 heterocycles. The molecule has 0 aliphatic carbocycles. The van der Waals surface area contributed by atoms with Gasteiger partial charge in [-0.05, 0) is 11.1 Å². The summed E-state index contributed by atoms with van der Waals surface area (Å²) in [5.41, 5.74) is 2.94. The number of hydrogen-bond acceptors (Lipinski definition) is 2. The maximum absolute atomic E-state index is 5.64. The zero-order valence-corrected chi connectivity index (χ0v) is 7.57. The summed E-state index contributed by atoms with van der Waals surface area (Å²) in [6.07, 6.45) is 1.42. The molecule has 0 radical (unpaired) electrons. The van der Waals surface area contributed by atoms with Crippen molar-refractivity contribution in [3.63, 3.8) is 0 Å². The van der Waals surface area contributed by atoms with E-state index < -0.39 is 0 Å². The molecule has 0 amide bonds. The van der Waals surface area contributed by atoms with Crippen molar-refractivity contribution in [1.82, 2.24) is 4.90 Å². The number of ether oxygens (including phenoxy) is 1. The topological polar surface area (TPSA) is 12.5 Å². The summed E-state index contributed by atoms with van der Waals surface area (Å²) in [6, 6.07) is 8.68. The highest BCUT2D eigenvalue weighted by Crippen LogP contribution is 2.26. The Bertz CT molecular complexity index is 293. The van der Waals surface area contributed by atoms with E-state index in [0.29, 0.717) is 6.23 Å². The zero-order chi connectivity index (χ0) is 8.67. The maximum Gasteiger partial charge on any atom is 0.115 e. The van der Waals surface area contributed by atoms with Gasteiger partial charge in [0.15, 0.2) is 0 Å². The van der Waals surface area contributed by atoms with Crippen molar-refractivity contribution in [3.8, 4) is 0 Å². The Morgan fingerprint density at radius 2 is 2.08 bits per heavy atom. The smallest absolute Gasteiger partial charge is 0.115 e. The molecule has 2 nitrogen and oxygen atoms in total. The normalized spacial score (nSPS) is 26.9. The van der Waals surface area contributed by atoms with Crippen LogP contribution in [0.25, 0.3) is 0 Å². The van der Waals surface area contributed by atoms with Crippen LogP contribution in [0.4, 0.5) is 0 Å². The third-order valence-corrected chi connectivity index (χ3v) is 2.98. The Labute approximate surface area is 78.1 Å². The van der Waals surface area contributed by atoms with Gasteiger partial charge >= 0.3 is 0 Å². The van der Waals surface area contributed by atoms with E-state index in [-0.39, 0.29) is 0 Å². The molecule has 2 aliphatic rings. The molecular formula is C11H13NO. The Kier molecular flexibility index (Phi) is 1.64. The van der Waals surface area contributed by atoms with E-state index in [9.17, 15) is 0 Å². The first-order chi connectivity index (χ1) is 6.43. The molecule has 2 heteroatoms. The lowest BCUT2D eigenvalue weighted by molar-refractivity contribution is 0.0233. The van der Waals surface area contributed by atoms with Gasteiger partial charge in [0.05, 0.1) is 6.61 Å². The summed E-state index contributed by atoms with van der Waals surface area (Å²) < 4.78 is 5.64. The van der Waals surface area contributed by atoms with Gasteiger partial charge in [-0.15, -0.1) is 0 Å². The molecule has 13 heavy (non-hydrogen) atoms. The van der Waals surface area contributed by atoms with E-state index in [2.05, 4.69) is 29.2 Å². The first-order valence-electron chi connectivity index (χ1n) is 4.86. The van der Waals surface area contributed by atoms with E-state index >= 15 is 0 Å². The quantitative estimate of drug-likeness (QED) is 0.591. The highest BCUT2D eigenvalue weighted by atomic mass is 16.5. The Hall–Kier alpha value is -0.860. The van der Waals surface area contributed by atoms with Crippen LogP contribution >= 0.6 is 0 Å². The third kappa shape index (κ3) is 1.18. The summed E-state index contributed by atoms with van der Waals surface area (Å²) in [7, 11) is 0. The van der Waals surface area contributed by atoms with Gasteiger partial charge in [-0.25, -0.2) is 0 Å². The predicted molar refractivity (Wildman–Crippen MR) is 50.3 cm³/mol. The van der Waals surface area contributed by atoms with Crippen molar-refractivity contribution < 1.29 is 4.74 Å². The van der Waals surface area contributed by atoms with Crippen molar-refractivity contribution >= 4 is 0 Å². The highest BCUT2D eigenvalue weighted by molar-refractivity contribution is 5.29. The molecule has 1 aromatic carbocycles. The molecule has 1 aromatic rings. The number of rotatable bonds is 0. The van der Waals surface area contributed by atoms with Crippen molar-refractivity contribution in [2.45, 2.75) is 19.2 Å². The van der Waals surface area contributed by atoms with Crippen LogP contribution in [0, 0.1) is 0 Å². The van der Waals surface area contributed by atoms with Crippen LogP contribution in [0.3, 0.4) is 0 Å². The molecule has 0 aromatic heterocycles. The second kappa shape index (κ2) is 2.82. The molecule has 1 unspecified atom stereocenters. The summed E-state index contributed by atoms with van der Waals surface area (Å²) >= 11 is 0. The van der Waals surface area contributed by atoms with Crippen LogP contribution in [-0.4, -0.2) is 24.3 Å². The lowest BCUT2D eigenvalue weighted by Crippen LogP contribution is -2.35. The fraction of sp³-hybridized carbons (Fsp3) is 0.455. The number of fused-ring (bicyclic) bond motifs is 2. The van der Waals surface area contributed by atoms with Gasteiger partial charge in [-0.3, -0.25) is 4.90 Å². The summed E-state index contributed by atoms with van der Waals surface area (Å²) in [4.78, 5) is 2.42. The van der Waals surface area contributed by atoms with E-state index in [4.69, 9.17) is 4.74 Å². The number of nitrogens with zero attached hydrogens (tertiary/aromatic N) is 1. The first-order valence-corrected chi connectivity index (χ1v) is 4.86. The van der Waals surface area contributed by atoms with Gasteiger partial charge in [0.2, 0.25) is 0 Å². The Balaban J connectivity index is 1.97. The van der Waals surface area contributed by atoms with Gasteiger partial charge in [-0.1, -0.05) is 24.3 Å². The molecule has 1 saturated heterocycles. The van der Waals surface area contributed by atoms with Crippen LogP contribution in [-0.2, 0) is 17.7 Å². The van der Waals surface area contributed by atoms with Gasteiger partial charge in [0, 0.05) is 19.5 Å². The maximum atomic E-state index is 5.64. The van der Waals surface area contributed by atoms with E-state index in [1.165, 1.54) is 11.1 Å². The van der Waals surface area contributed by atoms with Crippen molar-refractivity contribution in [2.75, 3.05) is 13.2 Å². The second-order valence-electron chi connectivity index (χ2n) is 3.77. The molecular weight excluding hydrogens is 162 g/mol. The molecule has 1 atom stereocenters. The van der Waals surface area contributed by atoms with E-state index in [1.807, 2.05) is 0 Å². The predicted octanol–water partition coefficient (Wildman–Crippen LogP) is 1.40. The molecule has 1 fully saturated rings. The lowest BCUT2D eigenvalue weighted by atomic mass is 9.99. The fourth-order valence-corrected chi connectivity index (χ4v) is 2.24. The molecule has 3 rings (SSSR count). The van der Waals surface area contributed by atoms with Crippen LogP contribution in [0.15, 0.2) is 24.3 Å². The second-order valence-corrected chi connectivity index (χ2v) is 3.77. The largest absolute Gasteiger partial charge is 0.361 e. The fourth-order valence-electron chi connectivity index (χ4n) is 2.24. The number of benzene rings is 1. The SMILES string of the molecule is c1ccc2c(c1)CC1OCCN1C2. The monoisotopic (exact) mass is 175 g/mol. The van der Waals surface area contributed by atoms with Gasteiger partial charge in [-0.2, -0.15) is 0 Å². The van der Waals surface area contributed by atoms with Crippen LogP contribution in [0.5, 0.6) is 0 Å². The minimum Gasteiger partial charge on any atom is -0.361 e. The molecule has 68 valence electrons. The molecule has 2 aliphatic heterocycles. The van der Waals surface area contributed by atoms with Crippen LogP contribution in [0.1, 0.15) is 11.1 Å². The first kappa shape index (κ1) is 7.54. The average Bonchev–Trinajstić information content (AvgIpc) is 2.61. The lowest BCUT2D eigenvalue weighted by Gasteiger charge is -2.29. The van der Waals surface area contributed by atoms with Crippen LogP contribution < -0.4 is 0 Å². The Morgan fingerprint density at radius 1 is 1.23 bits per heavy atom. The van der Waals surface area contributed by atoms with Crippen molar-refractivity contribution in [1.29, 1.82) is 0 Å². The third-order valence-electron chi connectivity index (χ3n) is 2.98. The summed E-state index contributed by atoms with van der Waals surface area (Å²) in [6.45, 7) is 3.07. The standard InChI is InChI=1S/C11H13NO/c1-2-4-10-8-12-5-6-13-11(12)7-9(10)3-1/h1-4,11H,5-8H2. The zero-order valence-electron chi connectivity index (χ0n) is 7.57. The molecule has 0 saturated carbocycles. The highest BCUT2D eigenvalue weighted by Gasteiger charge is 2.30. The molecule has 0 bridgehead atoms. The minimum atomic E-state index is 0.356. The van der Waals surface area contributed by atoms with Crippen LogP contribution in [0.2, 0.25) is 0 Å². The minimum absolute atomic E-state index is 0.356. The van der Waals surface area contributed by atoms with Crippen molar-refractivity contribution in [2.24, 2.45) is 0 Å². The van der Waals surface area contributed by atoms with Gasteiger partial charge in [0.25, 0.3) is 0 Å². The molecule has 0 spiro atoms. The molecule has 0 N–H and O–H groups in total. The van der Waals surface area contributed by atoms with E-state index in [0.717, 1.165) is 26.1 Å². The Morgan fingerprint density at radius 3 is 3.00 bits per heavy atom. The summed E-state index contributed by atoms with van der Waals surface area (Å²) in [5.74, 6) is 0. The number of hydrogen-bond donors (Lipinski definition) is 0. The van der Waals surface area contributed by atoms with Gasteiger partial charge < -0.3 is 4.74 Å². The summed E-state index contributed by atoms with van der Waals surface area (Å²) in [5, 5.41) is 0. The average molecular weight is 175 g/mol. The van der Waals surface area contributed by atoms with Crippen molar-refractivity contribution in [3.05, 3.63) is 35.4 Å². The van der Waals surface area contributed by atoms with Gasteiger partial charge in [0.1, 0.15) is 6.23 Å².